The van der Waals surface area contributed by atoms with Gasteiger partial charge >= 0.3 is 6.09 Å². The molecule has 0 N–H and O–H groups in total. The van der Waals surface area contributed by atoms with Crippen molar-refractivity contribution < 1.29 is 23.4 Å². The quantitative estimate of drug-likeness (QED) is 0.0880. The molecular weight excluding hydrogens is 828 g/mol. The Kier molecular flexibility index (Phi) is 12.7. The highest BCUT2D eigenvalue weighted by atomic mass is 127. The van der Waals surface area contributed by atoms with Crippen LogP contribution < -0.4 is 19.3 Å². The molecule has 3 atom stereocenters. The van der Waals surface area contributed by atoms with Gasteiger partial charge in [0.25, 0.3) is 0 Å². The molecule has 0 saturated carbocycles. The Labute approximate surface area is 343 Å². The maximum atomic E-state index is 17.5. The Morgan fingerprint density at radius 2 is 1.56 bits per heavy atom. The number of ether oxygens (including phenoxy) is 3. The van der Waals surface area contributed by atoms with Gasteiger partial charge in [0.1, 0.15) is 22.9 Å². The number of thioether (sulfide) groups is 1. The molecule has 55 heavy (non-hydrogen) atoms. The third-order valence-corrected chi connectivity index (χ3v) is 12.6. The summed E-state index contributed by atoms with van der Waals surface area (Å²) >= 11 is 3.87. The SMILES string of the molecule is COc1ccc(CN(Cc2ccc(OC)cc2)c2cc(C)c(I)c(C3Cc4nc(SC)nc(N5CCN(C(=O)OC(C)(C)C)C[C@@H]5C)c4CC3C)c2F)cc1. The minimum atomic E-state index is -0.552. The van der Waals surface area contributed by atoms with Gasteiger partial charge in [-0.05, 0) is 135 Å². The summed E-state index contributed by atoms with van der Waals surface area (Å²) in [6, 6.07) is 18.0. The van der Waals surface area contributed by atoms with Crippen LogP contribution in [0.15, 0.2) is 59.8 Å². The van der Waals surface area contributed by atoms with Gasteiger partial charge in [0, 0.05) is 53.5 Å². The van der Waals surface area contributed by atoms with Crippen LogP contribution in [0, 0.1) is 22.2 Å². The Balaban J connectivity index is 1.34. The van der Waals surface area contributed by atoms with Gasteiger partial charge in [-0.2, -0.15) is 0 Å². The molecule has 9 nitrogen and oxygen atoms in total. The fourth-order valence-corrected chi connectivity index (χ4v) is 8.86. The largest absolute Gasteiger partial charge is 0.497 e. The molecule has 294 valence electrons. The van der Waals surface area contributed by atoms with Gasteiger partial charge in [0.05, 0.1) is 25.6 Å². The maximum absolute atomic E-state index is 17.5. The first-order chi connectivity index (χ1) is 26.2. The Morgan fingerprint density at radius 3 is 2.09 bits per heavy atom. The number of hydrogen-bond acceptors (Lipinski definition) is 9. The van der Waals surface area contributed by atoms with Crippen LogP contribution in [0.2, 0.25) is 0 Å². The number of aromatic nitrogens is 2. The van der Waals surface area contributed by atoms with E-state index in [1.54, 1.807) is 19.1 Å². The van der Waals surface area contributed by atoms with E-state index in [2.05, 4.69) is 53.2 Å². The highest BCUT2D eigenvalue weighted by Gasteiger charge is 2.38. The van der Waals surface area contributed by atoms with Crippen molar-refractivity contribution >= 4 is 52.0 Å². The van der Waals surface area contributed by atoms with Crippen LogP contribution in [0.25, 0.3) is 0 Å². The lowest BCUT2D eigenvalue weighted by atomic mass is 9.74. The molecular formula is C43H53FIN5O4S. The molecule has 1 aliphatic carbocycles. The molecule has 1 fully saturated rings. The van der Waals surface area contributed by atoms with Gasteiger partial charge in [0.15, 0.2) is 11.0 Å². The zero-order valence-electron chi connectivity index (χ0n) is 33.4. The van der Waals surface area contributed by atoms with E-state index < -0.39 is 5.60 Å². The van der Waals surface area contributed by atoms with E-state index in [-0.39, 0.29) is 29.8 Å². The smallest absolute Gasteiger partial charge is 0.410 e. The number of anilines is 2. The lowest BCUT2D eigenvalue weighted by Gasteiger charge is -2.42. The summed E-state index contributed by atoms with van der Waals surface area (Å²) in [6.07, 6.45) is 3.04. The number of benzene rings is 3. The summed E-state index contributed by atoms with van der Waals surface area (Å²) < 4.78 is 35.0. The minimum absolute atomic E-state index is 0.0307. The zero-order chi connectivity index (χ0) is 39.6. The highest BCUT2D eigenvalue weighted by molar-refractivity contribution is 14.1. The summed E-state index contributed by atoms with van der Waals surface area (Å²) in [5, 5.41) is 0.703. The lowest BCUT2D eigenvalue weighted by molar-refractivity contribution is 0.0218. The van der Waals surface area contributed by atoms with Crippen LogP contribution in [0.1, 0.15) is 74.0 Å². The maximum Gasteiger partial charge on any atom is 0.410 e. The zero-order valence-corrected chi connectivity index (χ0v) is 36.4. The molecule has 1 saturated heterocycles. The van der Waals surface area contributed by atoms with E-state index in [9.17, 15) is 4.79 Å². The van der Waals surface area contributed by atoms with E-state index in [4.69, 9.17) is 24.2 Å². The van der Waals surface area contributed by atoms with Crippen LogP contribution in [0.4, 0.5) is 20.7 Å². The lowest BCUT2D eigenvalue weighted by Crippen LogP contribution is -2.55. The molecule has 0 bridgehead atoms. The molecule has 2 aliphatic rings. The van der Waals surface area contributed by atoms with E-state index in [1.165, 1.54) is 11.8 Å². The van der Waals surface area contributed by atoms with E-state index >= 15 is 4.39 Å². The normalized spacial score (nSPS) is 18.5. The number of piperazine rings is 1. The molecule has 0 radical (unpaired) electrons. The second kappa shape index (κ2) is 17.2. The van der Waals surface area contributed by atoms with Crippen LogP contribution in [0.5, 0.6) is 11.5 Å². The number of methoxy groups -OCH3 is 2. The third kappa shape index (κ3) is 9.27. The molecule has 4 aromatic rings. The Hall–Kier alpha value is -3.78. The standard InChI is InChI=1S/C43H53FIN5O4S/c1-26-20-34-35(46-41(55-9)47-40(34)50-19-18-48(23-28(50)3)42(51)54-43(4,5)6)22-33(26)37-38(44)36(21-27(2)39(37)45)49(24-29-10-14-31(52-7)15-11-29)25-30-12-16-32(53-8)17-13-30/h10-17,21,26,28,33H,18-20,22-25H2,1-9H3/t26?,28-,33?/m0/s1. The van der Waals surface area contributed by atoms with Crippen molar-refractivity contribution in [1.82, 2.24) is 14.9 Å². The van der Waals surface area contributed by atoms with Gasteiger partial charge in [-0.25, -0.2) is 19.2 Å². The van der Waals surface area contributed by atoms with Gasteiger partial charge in [-0.15, -0.1) is 0 Å². The predicted octanol–water partition coefficient (Wildman–Crippen LogP) is 9.44. The first-order valence-corrected chi connectivity index (χ1v) is 21.2. The van der Waals surface area contributed by atoms with Gasteiger partial charge in [-0.1, -0.05) is 43.0 Å². The van der Waals surface area contributed by atoms with Crippen molar-refractivity contribution in [3.05, 3.63) is 97.5 Å². The molecule has 1 aliphatic heterocycles. The van der Waals surface area contributed by atoms with Crippen molar-refractivity contribution in [3.63, 3.8) is 0 Å². The molecule has 2 heterocycles. The van der Waals surface area contributed by atoms with Crippen LogP contribution in [-0.2, 0) is 30.7 Å². The molecule has 1 aromatic heterocycles. The van der Waals surface area contributed by atoms with Gasteiger partial charge in [0.2, 0.25) is 0 Å². The second-order valence-corrected chi connectivity index (χ2v) is 17.6. The average molecular weight is 882 g/mol. The number of carbonyl (C=O) groups excluding carboxylic acids is 1. The number of aryl methyl sites for hydroxylation is 1. The molecule has 12 heteroatoms. The predicted molar refractivity (Wildman–Crippen MR) is 227 cm³/mol. The summed E-state index contributed by atoms with van der Waals surface area (Å²) in [5.41, 5.74) is 6.06. The number of nitrogens with zero attached hydrogens (tertiary/aromatic N) is 5. The van der Waals surface area contributed by atoms with Crippen molar-refractivity contribution in [2.45, 2.75) is 90.2 Å². The molecule has 1 amide bonds. The summed E-state index contributed by atoms with van der Waals surface area (Å²) in [7, 11) is 3.32. The molecule has 0 spiro atoms. The first kappa shape index (κ1) is 40.9. The van der Waals surface area contributed by atoms with Crippen molar-refractivity contribution in [3.8, 4) is 11.5 Å². The minimum Gasteiger partial charge on any atom is -0.497 e. The molecule has 6 rings (SSSR count). The van der Waals surface area contributed by atoms with E-state index in [0.717, 1.165) is 60.8 Å². The van der Waals surface area contributed by atoms with Crippen LogP contribution in [-0.4, -0.2) is 72.7 Å². The Morgan fingerprint density at radius 1 is 0.964 bits per heavy atom. The number of fused-ring (bicyclic) bond motifs is 1. The van der Waals surface area contributed by atoms with Crippen molar-refractivity contribution in [1.29, 1.82) is 0 Å². The van der Waals surface area contributed by atoms with Crippen molar-refractivity contribution in [2.24, 2.45) is 5.92 Å². The first-order valence-electron chi connectivity index (χ1n) is 18.9. The van der Waals surface area contributed by atoms with Crippen LogP contribution >= 0.6 is 34.4 Å². The molecule has 3 aromatic carbocycles. The summed E-state index contributed by atoms with van der Waals surface area (Å²) in [5.74, 6) is 2.36. The highest BCUT2D eigenvalue weighted by Crippen LogP contribution is 2.45. The van der Waals surface area contributed by atoms with Crippen LogP contribution in [0.3, 0.4) is 0 Å². The topological polar surface area (TPSA) is 80.3 Å². The number of rotatable bonds is 10. The fourth-order valence-electron chi connectivity index (χ4n) is 7.69. The Bertz CT molecular complexity index is 1940. The third-order valence-electron chi connectivity index (χ3n) is 10.6. The second-order valence-electron chi connectivity index (χ2n) is 15.7. The summed E-state index contributed by atoms with van der Waals surface area (Å²) in [6.45, 7) is 14.9. The number of amides is 1. The average Bonchev–Trinajstić information content (AvgIpc) is 3.16. The monoisotopic (exact) mass is 881 g/mol. The number of hydrogen-bond donors (Lipinski definition) is 0. The summed E-state index contributed by atoms with van der Waals surface area (Å²) in [4.78, 5) is 29.3. The van der Waals surface area contributed by atoms with E-state index in [1.807, 2.05) is 81.6 Å². The van der Waals surface area contributed by atoms with Crippen molar-refractivity contribution in [2.75, 3.05) is 49.9 Å². The number of carbonyl (C=O) groups is 1. The fraction of sp³-hybridized carbons (Fsp3) is 0.465. The van der Waals surface area contributed by atoms with Gasteiger partial charge < -0.3 is 28.9 Å². The van der Waals surface area contributed by atoms with E-state index in [0.29, 0.717) is 50.0 Å². The van der Waals surface area contributed by atoms with Gasteiger partial charge in [-0.3, -0.25) is 0 Å². The molecule has 2 unspecified atom stereocenters. The number of halogens is 2.